The Kier molecular flexibility index (Phi) is 12.9. The van der Waals surface area contributed by atoms with E-state index in [-0.39, 0.29) is 16.9 Å². The Morgan fingerprint density at radius 1 is 0.957 bits per heavy atom. The molecule has 3 rings (SSSR count). The second-order valence-electron chi connectivity index (χ2n) is 13.9. The second kappa shape index (κ2) is 15.8. The lowest BCUT2D eigenvalue weighted by Crippen LogP contribution is -2.42. The van der Waals surface area contributed by atoms with Crippen LogP contribution in [0, 0.1) is 23.6 Å². The minimum Gasteiger partial charge on any atom is -0.477 e. The largest absolute Gasteiger partial charge is 0.477 e. The predicted octanol–water partition coefficient (Wildman–Crippen LogP) is 11.3. The maximum atomic E-state index is 17.2. The van der Waals surface area contributed by atoms with E-state index in [1.807, 2.05) is 13.8 Å². The number of nitrogens with one attached hydrogen (secondary N) is 1. The molecule has 0 amide bonds. The molecule has 5 heteroatoms. The number of benzene rings is 1. The molecule has 1 saturated carbocycles. The van der Waals surface area contributed by atoms with Gasteiger partial charge in [-0.1, -0.05) is 51.8 Å². The summed E-state index contributed by atoms with van der Waals surface area (Å²) >= 11 is 0. The van der Waals surface area contributed by atoms with Crippen LogP contribution in [0.15, 0.2) is 51.4 Å². The first-order valence-corrected chi connectivity index (χ1v) is 17.9. The Hall–Kier alpha value is -2.95. The number of halogens is 1. The van der Waals surface area contributed by atoms with Crippen LogP contribution in [0.5, 0.6) is 0 Å². The predicted molar refractivity (Wildman–Crippen MR) is 196 cm³/mol. The third kappa shape index (κ3) is 7.44. The summed E-state index contributed by atoms with van der Waals surface area (Å²) in [6.07, 6.45) is 11.0. The van der Waals surface area contributed by atoms with E-state index in [1.165, 1.54) is 12.8 Å². The monoisotopic (exact) mass is 631 g/mol. The molecule has 1 heterocycles. The van der Waals surface area contributed by atoms with Gasteiger partial charge in [-0.05, 0) is 141 Å². The van der Waals surface area contributed by atoms with Crippen LogP contribution in [0.1, 0.15) is 149 Å². The number of allylic oxidation sites excluding steroid dienone is 6. The summed E-state index contributed by atoms with van der Waals surface area (Å²) in [5.41, 5.74) is 9.39. The second-order valence-corrected chi connectivity index (χ2v) is 13.9. The van der Waals surface area contributed by atoms with Crippen LogP contribution in [0.4, 0.5) is 4.39 Å². The molecule has 0 bridgehead atoms. The van der Waals surface area contributed by atoms with Gasteiger partial charge in [0.25, 0.3) is 0 Å². The molecule has 1 aliphatic carbocycles. The van der Waals surface area contributed by atoms with E-state index in [0.29, 0.717) is 48.5 Å². The highest BCUT2D eigenvalue weighted by atomic mass is 19.1. The minimum atomic E-state index is -0.318. The average molecular weight is 632 g/mol. The van der Waals surface area contributed by atoms with Crippen LogP contribution in [-0.4, -0.2) is 35.1 Å². The fraction of sp³-hybridized carbons (Fsp3) is 0.610. The maximum Gasteiger partial charge on any atom is 0.207 e. The van der Waals surface area contributed by atoms with Crippen molar-refractivity contribution in [2.75, 3.05) is 6.61 Å². The van der Waals surface area contributed by atoms with Gasteiger partial charge < -0.3 is 9.64 Å². The van der Waals surface area contributed by atoms with Gasteiger partial charge in [-0.15, -0.1) is 0 Å². The summed E-state index contributed by atoms with van der Waals surface area (Å²) in [5.74, 6) is 0.882. The molecule has 1 saturated heterocycles. The van der Waals surface area contributed by atoms with E-state index < -0.39 is 0 Å². The molecular weight excluding hydrogens is 569 g/mol. The number of likely N-dealkylation sites (tertiary alicyclic amines) is 1. The topological polar surface area (TPSA) is 48.7 Å². The molecule has 4 nitrogen and oxygen atoms in total. The number of hydrogen-bond donors (Lipinski definition) is 1. The zero-order chi connectivity index (χ0) is 34.5. The van der Waals surface area contributed by atoms with Crippen molar-refractivity contribution in [1.29, 1.82) is 5.41 Å². The molecule has 0 aromatic heterocycles. The van der Waals surface area contributed by atoms with Crippen LogP contribution in [-0.2, 0) is 17.6 Å². The molecule has 0 radical (unpaired) electrons. The Bertz CT molecular complexity index is 1440. The van der Waals surface area contributed by atoms with Gasteiger partial charge in [-0.25, -0.2) is 4.39 Å². The highest BCUT2D eigenvalue weighted by molar-refractivity contribution is 6.16. The molecular formula is C41H62FN3O. The number of aliphatic imine (C=N–C) groups is 1. The van der Waals surface area contributed by atoms with Gasteiger partial charge >= 0.3 is 0 Å². The normalized spacial score (nSPS) is 20.1. The Morgan fingerprint density at radius 2 is 1.50 bits per heavy atom. The molecule has 2 fully saturated rings. The summed E-state index contributed by atoms with van der Waals surface area (Å²) in [4.78, 5) is 7.64. The Morgan fingerprint density at radius 3 is 1.93 bits per heavy atom. The molecule has 1 aliphatic heterocycles. The molecule has 2 aliphatic rings. The summed E-state index contributed by atoms with van der Waals surface area (Å²) in [6, 6.07) is 0.636. The standard InChI is InChI=1S/C41H62FN3O/c1-14-26(9)28(11)35(27(10)25(7)8)39(43)37-34(18-5)33(17-4)36(29(12)38(37)42)40(45-31(15-2)20-21-32(45)16-3)44-30(13)46-24-41(19-6)22-23-41/h14,31-32,43H,13,15-24H2,1-12H3/b26-14-,35-28-,43-39?,44-40+. The molecule has 1 aromatic carbocycles. The zero-order valence-electron chi connectivity index (χ0n) is 31.2. The first-order chi connectivity index (χ1) is 21.8. The number of amidine groups is 1. The van der Waals surface area contributed by atoms with Gasteiger partial charge in [0.1, 0.15) is 11.7 Å². The number of rotatable bonds is 14. The highest BCUT2D eigenvalue weighted by Crippen LogP contribution is 2.49. The summed E-state index contributed by atoms with van der Waals surface area (Å²) in [5, 5.41) is 9.65. The molecule has 2 atom stereocenters. The van der Waals surface area contributed by atoms with Crippen molar-refractivity contribution in [3.63, 3.8) is 0 Å². The van der Waals surface area contributed by atoms with Gasteiger partial charge in [0.2, 0.25) is 5.88 Å². The zero-order valence-corrected chi connectivity index (χ0v) is 31.2. The van der Waals surface area contributed by atoms with E-state index in [2.05, 4.69) is 86.8 Å². The number of hydrogen-bond acceptors (Lipinski definition) is 3. The van der Waals surface area contributed by atoms with E-state index in [4.69, 9.17) is 9.73 Å². The third-order valence-electron chi connectivity index (χ3n) is 11.1. The van der Waals surface area contributed by atoms with E-state index in [0.717, 1.165) is 82.5 Å². The smallest absolute Gasteiger partial charge is 0.207 e. The summed E-state index contributed by atoms with van der Waals surface area (Å²) < 4.78 is 23.5. The van der Waals surface area contributed by atoms with E-state index >= 15 is 4.39 Å². The lowest BCUT2D eigenvalue weighted by atomic mass is 9.81. The van der Waals surface area contributed by atoms with Crippen molar-refractivity contribution in [3.05, 3.63) is 80.0 Å². The highest BCUT2D eigenvalue weighted by Gasteiger charge is 2.42. The van der Waals surface area contributed by atoms with Gasteiger partial charge in [-0.2, -0.15) is 4.99 Å². The average Bonchev–Trinajstić information content (AvgIpc) is 3.72. The van der Waals surface area contributed by atoms with Crippen molar-refractivity contribution in [1.82, 2.24) is 4.90 Å². The number of nitrogens with zero attached hydrogens (tertiary/aromatic N) is 2. The van der Waals surface area contributed by atoms with Crippen molar-refractivity contribution < 1.29 is 9.13 Å². The first kappa shape index (κ1) is 37.5. The molecule has 46 heavy (non-hydrogen) atoms. The van der Waals surface area contributed by atoms with E-state index in [9.17, 15) is 5.41 Å². The molecule has 2 unspecified atom stereocenters. The van der Waals surface area contributed by atoms with Gasteiger partial charge in [0, 0.05) is 34.2 Å². The Labute approximate surface area is 280 Å². The van der Waals surface area contributed by atoms with Crippen LogP contribution in [0.3, 0.4) is 0 Å². The van der Waals surface area contributed by atoms with E-state index in [1.54, 1.807) is 0 Å². The minimum absolute atomic E-state index is 0.246. The van der Waals surface area contributed by atoms with Crippen LogP contribution >= 0.6 is 0 Å². The molecule has 1 N–H and O–H groups in total. The maximum absolute atomic E-state index is 17.2. The number of ether oxygens (including phenoxy) is 1. The van der Waals surface area contributed by atoms with Crippen molar-refractivity contribution >= 4 is 11.5 Å². The molecule has 254 valence electrons. The quantitative estimate of drug-likeness (QED) is 0.0961. The van der Waals surface area contributed by atoms with Crippen LogP contribution < -0.4 is 0 Å². The summed E-state index contributed by atoms with van der Waals surface area (Å²) in [7, 11) is 0. The Balaban J connectivity index is 2.37. The lowest BCUT2D eigenvalue weighted by Gasteiger charge is -2.35. The SMILES string of the molecule is C=C(/N=C(\c1c(C)c(F)c(C(=N)/C(C(C)=C(C)C)=C(C)\C(C)=C/C)c(CC)c1CC)N1C(CC)CCC1CC)OCC1(CC)CC1. The first-order valence-electron chi connectivity index (χ1n) is 17.9. The molecule has 1 aromatic rings. The fourth-order valence-corrected chi connectivity index (χ4v) is 7.26. The van der Waals surface area contributed by atoms with Gasteiger partial charge in [0.15, 0.2) is 0 Å². The van der Waals surface area contributed by atoms with Crippen molar-refractivity contribution in [2.24, 2.45) is 10.4 Å². The van der Waals surface area contributed by atoms with Crippen molar-refractivity contribution in [3.8, 4) is 0 Å². The lowest BCUT2D eigenvalue weighted by molar-refractivity contribution is 0.149. The third-order valence-corrected chi connectivity index (χ3v) is 11.1. The fourth-order valence-electron chi connectivity index (χ4n) is 7.26. The van der Waals surface area contributed by atoms with Gasteiger partial charge in [-0.3, -0.25) is 5.41 Å². The summed E-state index contributed by atoms with van der Waals surface area (Å²) in [6.45, 7) is 30.0. The van der Waals surface area contributed by atoms with Crippen LogP contribution in [0.2, 0.25) is 0 Å². The molecule has 0 spiro atoms. The van der Waals surface area contributed by atoms with Crippen LogP contribution in [0.25, 0.3) is 0 Å². The van der Waals surface area contributed by atoms with Gasteiger partial charge in [0.05, 0.1) is 12.3 Å². The van der Waals surface area contributed by atoms with Crippen molar-refractivity contribution in [2.45, 2.75) is 153 Å².